The highest BCUT2D eigenvalue weighted by atomic mass is 15.3. The summed E-state index contributed by atoms with van der Waals surface area (Å²) in [7, 11) is 0. The van der Waals surface area contributed by atoms with Crippen molar-refractivity contribution >= 4 is 5.69 Å². The lowest BCUT2D eigenvalue weighted by molar-refractivity contribution is 0.420. The summed E-state index contributed by atoms with van der Waals surface area (Å²) in [6, 6.07) is 1.94. The third-order valence-corrected chi connectivity index (χ3v) is 3.95. The summed E-state index contributed by atoms with van der Waals surface area (Å²) >= 11 is 0. The zero-order valence-electron chi connectivity index (χ0n) is 11.5. The molecule has 2 aliphatic rings. The topological polar surface area (TPSA) is 33.1 Å². The van der Waals surface area contributed by atoms with E-state index < -0.39 is 0 Å². The summed E-state index contributed by atoms with van der Waals surface area (Å²) in [5.41, 5.74) is 1.28. The molecule has 1 saturated carbocycles. The molecule has 1 unspecified atom stereocenters. The molecule has 0 amide bonds. The van der Waals surface area contributed by atoms with Crippen molar-refractivity contribution in [2.75, 3.05) is 18.0 Å². The highest BCUT2D eigenvalue weighted by Gasteiger charge is 2.28. The first-order valence-electron chi connectivity index (χ1n) is 7.27. The van der Waals surface area contributed by atoms with Crippen LogP contribution in [-0.2, 0) is 0 Å². The maximum absolute atomic E-state index is 4.44. The SMILES string of the molecule is CC(C)n1cc(N2CCCC(NC3CC3)C2)cn1. The summed E-state index contributed by atoms with van der Waals surface area (Å²) in [6.45, 7) is 6.65. The Labute approximate surface area is 109 Å². The highest BCUT2D eigenvalue weighted by molar-refractivity contribution is 5.43. The van der Waals surface area contributed by atoms with Crippen molar-refractivity contribution in [2.24, 2.45) is 0 Å². The molecule has 0 radical (unpaired) electrons. The van der Waals surface area contributed by atoms with Crippen LogP contribution in [0.5, 0.6) is 0 Å². The summed E-state index contributed by atoms with van der Waals surface area (Å²) in [6.07, 6.45) is 9.57. The van der Waals surface area contributed by atoms with E-state index in [2.05, 4.69) is 35.4 Å². The molecule has 100 valence electrons. The molecule has 1 aromatic heterocycles. The van der Waals surface area contributed by atoms with Gasteiger partial charge in [0.1, 0.15) is 0 Å². The van der Waals surface area contributed by atoms with Crippen LogP contribution in [0.4, 0.5) is 5.69 Å². The monoisotopic (exact) mass is 248 g/mol. The number of aromatic nitrogens is 2. The van der Waals surface area contributed by atoms with Gasteiger partial charge in [-0.05, 0) is 39.5 Å². The van der Waals surface area contributed by atoms with Crippen LogP contribution in [0.15, 0.2) is 12.4 Å². The van der Waals surface area contributed by atoms with Crippen LogP contribution in [0.2, 0.25) is 0 Å². The largest absolute Gasteiger partial charge is 0.367 e. The third-order valence-electron chi connectivity index (χ3n) is 3.95. The van der Waals surface area contributed by atoms with Gasteiger partial charge in [-0.1, -0.05) is 0 Å². The molecule has 2 heterocycles. The standard InChI is InChI=1S/C14H24N4/c1-11(2)18-10-14(8-15-18)17-7-3-4-13(9-17)16-12-5-6-12/h8,10-13,16H,3-7,9H2,1-2H3. The van der Waals surface area contributed by atoms with Crippen LogP contribution in [0.1, 0.15) is 45.6 Å². The fourth-order valence-corrected chi connectivity index (χ4v) is 2.70. The van der Waals surface area contributed by atoms with E-state index >= 15 is 0 Å². The van der Waals surface area contributed by atoms with Crippen LogP contribution >= 0.6 is 0 Å². The number of hydrogen-bond donors (Lipinski definition) is 1. The normalized spacial score (nSPS) is 24.8. The van der Waals surface area contributed by atoms with E-state index in [0.717, 1.165) is 12.6 Å². The second-order valence-electron chi connectivity index (χ2n) is 6.00. The second kappa shape index (κ2) is 4.92. The number of nitrogens with zero attached hydrogens (tertiary/aromatic N) is 3. The van der Waals surface area contributed by atoms with Crippen molar-refractivity contribution in [1.29, 1.82) is 0 Å². The quantitative estimate of drug-likeness (QED) is 0.886. The molecule has 2 fully saturated rings. The van der Waals surface area contributed by atoms with Crippen LogP contribution in [0, 0.1) is 0 Å². The average molecular weight is 248 g/mol. The smallest absolute Gasteiger partial charge is 0.0753 e. The average Bonchev–Trinajstić information content (AvgIpc) is 3.03. The van der Waals surface area contributed by atoms with Gasteiger partial charge in [-0.2, -0.15) is 5.10 Å². The lowest BCUT2D eigenvalue weighted by Crippen LogP contribution is -2.46. The molecule has 1 aliphatic carbocycles. The molecule has 0 aromatic carbocycles. The molecule has 4 nitrogen and oxygen atoms in total. The van der Waals surface area contributed by atoms with Gasteiger partial charge in [-0.25, -0.2) is 0 Å². The molecule has 1 aromatic rings. The van der Waals surface area contributed by atoms with Gasteiger partial charge in [-0.3, -0.25) is 4.68 Å². The highest BCUT2D eigenvalue weighted by Crippen LogP contribution is 2.24. The van der Waals surface area contributed by atoms with Crippen molar-refractivity contribution < 1.29 is 0 Å². The first kappa shape index (κ1) is 12.0. The van der Waals surface area contributed by atoms with E-state index in [1.54, 1.807) is 0 Å². The van der Waals surface area contributed by atoms with Gasteiger partial charge in [0.05, 0.1) is 11.9 Å². The minimum atomic E-state index is 0.448. The summed E-state index contributed by atoms with van der Waals surface area (Å²) in [5, 5.41) is 8.20. The van der Waals surface area contributed by atoms with Gasteiger partial charge in [-0.15, -0.1) is 0 Å². The summed E-state index contributed by atoms with van der Waals surface area (Å²) < 4.78 is 2.05. The number of nitrogens with one attached hydrogen (secondary N) is 1. The van der Waals surface area contributed by atoms with Crippen molar-refractivity contribution in [3.63, 3.8) is 0 Å². The van der Waals surface area contributed by atoms with Gasteiger partial charge in [0.25, 0.3) is 0 Å². The maximum atomic E-state index is 4.44. The molecular formula is C14H24N4. The minimum Gasteiger partial charge on any atom is -0.367 e. The number of anilines is 1. The van der Waals surface area contributed by atoms with E-state index in [0.29, 0.717) is 12.1 Å². The Morgan fingerprint density at radius 2 is 2.11 bits per heavy atom. The Hall–Kier alpha value is -1.03. The Kier molecular flexibility index (Phi) is 3.29. The second-order valence-corrected chi connectivity index (χ2v) is 6.00. The van der Waals surface area contributed by atoms with Crippen molar-refractivity contribution in [3.05, 3.63) is 12.4 Å². The molecule has 3 rings (SSSR count). The molecule has 0 spiro atoms. The Balaban J connectivity index is 1.62. The molecule has 1 atom stereocenters. The van der Waals surface area contributed by atoms with Crippen LogP contribution < -0.4 is 10.2 Å². The lowest BCUT2D eigenvalue weighted by Gasteiger charge is -2.34. The number of rotatable bonds is 4. The van der Waals surface area contributed by atoms with Crippen LogP contribution in [-0.4, -0.2) is 35.0 Å². The summed E-state index contributed by atoms with van der Waals surface area (Å²) in [5.74, 6) is 0. The Morgan fingerprint density at radius 3 is 2.78 bits per heavy atom. The van der Waals surface area contributed by atoms with E-state index in [-0.39, 0.29) is 0 Å². The van der Waals surface area contributed by atoms with E-state index in [1.165, 1.54) is 37.9 Å². The molecule has 4 heteroatoms. The number of piperidine rings is 1. The van der Waals surface area contributed by atoms with Crippen molar-refractivity contribution in [3.8, 4) is 0 Å². The number of hydrogen-bond acceptors (Lipinski definition) is 3. The van der Waals surface area contributed by atoms with Crippen LogP contribution in [0.3, 0.4) is 0 Å². The van der Waals surface area contributed by atoms with Crippen LogP contribution in [0.25, 0.3) is 0 Å². The van der Waals surface area contributed by atoms with Crippen molar-refractivity contribution in [1.82, 2.24) is 15.1 Å². The molecule has 1 N–H and O–H groups in total. The lowest BCUT2D eigenvalue weighted by atomic mass is 10.1. The first-order valence-corrected chi connectivity index (χ1v) is 7.27. The van der Waals surface area contributed by atoms with Gasteiger partial charge in [0.2, 0.25) is 0 Å². The van der Waals surface area contributed by atoms with E-state index in [4.69, 9.17) is 0 Å². The predicted molar refractivity (Wildman–Crippen MR) is 74.0 cm³/mol. The molecule has 1 aliphatic heterocycles. The Bertz CT molecular complexity index is 394. The maximum Gasteiger partial charge on any atom is 0.0753 e. The molecule has 18 heavy (non-hydrogen) atoms. The van der Waals surface area contributed by atoms with Gasteiger partial charge >= 0.3 is 0 Å². The van der Waals surface area contributed by atoms with Gasteiger partial charge < -0.3 is 10.2 Å². The molecule has 0 bridgehead atoms. The Morgan fingerprint density at radius 1 is 1.28 bits per heavy atom. The van der Waals surface area contributed by atoms with Crippen molar-refractivity contribution in [2.45, 2.75) is 57.7 Å². The molecular weight excluding hydrogens is 224 g/mol. The van der Waals surface area contributed by atoms with Gasteiger partial charge in [0, 0.05) is 37.4 Å². The predicted octanol–water partition coefficient (Wildman–Crippen LogP) is 2.18. The zero-order chi connectivity index (χ0) is 12.5. The fraction of sp³-hybridized carbons (Fsp3) is 0.786. The minimum absolute atomic E-state index is 0.448. The summed E-state index contributed by atoms with van der Waals surface area (Å²) in [4.78, 5) is 2.48. The first-order chi connectivity index (χ1) is 8.72. The zero-order valence-corrected chi connectivity index (χ0v) is 11.5. The van der Waals surface area contributed by atoms with E-state index in [1.807, 2.05) is 10.9 Å². The third kappa shape index (κ3) is 2.69. The van der Waals surface area contributed by atoms with Gasteiger partial charge in [0.15, 0.2) is 0 Å². The fourth-order valence-electron chi connectivity index (χ4n) is 2.70. The molecule has 1 saturated heterocycles. The van der Waals surface area contributed by atoms with E-state index in [9.17, 15) is 0 Å².